The third-order valence-electron chi connectivity index (χ3n) is 6.29. The smallest absolute Gasteiger partial charge is 0.369 e. The number of nitrogens with one attached hydrogen (secondary N) is 1. The van der Waals surface area contributed by atoms with E-state index in [4.69, 9.17) is 0 Å². The number of carbonyl (C=O) groups is 1. The number of halogens is 3. The first-order chi connectivity index (χ1) is 14.9. The Morgan fingerprint density at radius 1 is 1.03 bits per heavy atom. The van der Waals surface area contributed by atoms with Crippen LogP contribution in [0.4, 0.5) is 18.9 Å². The minimum Gasteiger partial charge on any atom is -0.369 e. The van der Waals surface area contributed by atoms with Crippen LogP contribution in [0.2, 0.25) is 0 Å². The SMILES string of the molecule is O=C(C(Nc1cccc(C(F)(F)F)c1)c1cccs1)N1CCN(C2CCCCC2)CC1. The van der Waals surface area contributed by atoms with E-state index in [1.807, 2.05) is 22.4 Å². The largest absolute Gasteiger partial charge is 0.416 e. The summed E-state index contributed by atoms with van der Waals surface area (Å²) in [6.07, 6.45) is 1.94. The molecule has 8 heteroatoms. The molecular formula is C23H28F3N3OS. The molecule has 2 fully saturated rings. The first-order valence-corrected chi connectivity index (χ1v) is 11.8. The number of hydrogen-bond donors (Lipinski definition) is 1. The first-order valence-electron chi connectivity index (χ1n) is 10.9. The summed E-state index contributed by atoms with van der Waals surface area (Å²) in [6.45, 7) is 3.03. The lowest BCUT2D eigenvalue weighted by Gasteiger charge is -2.41. The number of benzene rings is 1. The zero-order valence-corrected chi connectivity index (χ0v) is 18.2. The van der Waals surface area contributed by atoms with E-state index < -0.39 is 17.8 Å². The van der Waals surface area contributed by atoms with Gasteiger partial charge >= 0.3 is 6.18 Å². The van der Waals surface area contributed by atoms with Gasteiger partial charge in [0, 0.05) is 42.8 Å². The summed E-state index contributed by atoms with van der Waals surface area (Å²) in [6, 6.07) is 8.69. The van der Waals surface area contributed by atoms with Crippen LogP contribution in [0.3, 0.4) is 0 Å². The topological polar surface area (TPSA) is 35.6 Å². The van der Waals surface area contributed by atoms with Crippen LogP contribution in [0.25, 0.3) is 0 Å². The van der Waals surface area contributed by atoms with Crippen LogP contribution in [-0.2, 0) is 11.0 Å². The van der Waals surface area contributed by atoms with Crippen molar-refractivity contribution in [1.82, 2.24) is 9.80 Å². The summed E-state index contributed by atoms with van der Waals surface area (Å²) >= 11 is 1.43. The summed E-state index contributed by atoms with van der Waals surface area (Å²) in [4.78, 5) is 18.6. The van der Waals surface area contributed by atoms with Gasteiger partial charge in [0.2, 0.25) is 0 Å². The van der Waals surface area contributed by atoms with E-state index in [-0.39, 0.29) is 5.91 Å². The standard InChI is InChI=1S/C23H28F3N3OS/c24-23(25,26)17-6-4-7-18(16-17)27-21(20-10-5-15-31-20)22(30)29-13-11-28(12-14-29)19-8-2-1-3-9-19/h4-7,10,15-16,19,21,27H,1-3,8-9,11-14H2. The Morgan fingerprint density at radius 3 is 2.42 bits per heavy atom. The fourth-order valence-corrected chi connectivity index (χ4v) is 5.37. The number of carbonyl (C=O) groups excluding carboxylic acids is 1. The van der Waals surface area contributed by atoms with E-state index in [1.165, 1.54) is 49.5 Å². The number of piperazine rings is 1. The van der Waals surface area contributed by atoms with Gasteiger partial charge < -0.3 is 10.2 Å². The van der Waals surface area contributed by atoms with Crippen molar-refractivity contribution in [2.45, 2.75) is 50.4 Å². The van der Waals surface area contributed by atoms with Crippen molar-refractivity contribution >= 4 is 22.9 Å². The average Bonchev–Trinajstić information content (AvgIpc) is 3.32. The monoisotopic (exact) mass is 451 g/mol. The molecule has 2 aromatic rings. The molecule has 4 nitrogen and oxygen atoms in total. The van der Waals surface area contributed by atoms with Gasteiger partial charge in [-0.2, -0.15) is 13.2 Å². The number of thiophene rings is 1. The molecule has 4 rings (SSSR count). The van der Waals surface area contributed by atoms with E-state index >= 15 is 0 Å². The molecule has 0 spiro atoms. The third kappa shape index (κ3) is 5.41. The Bertz CT molecular complexity index is 857. The van der Waals surface area contributed by atoms with Gasteiger partial charge in [0.15, 0.2) is 0 Å². The summed E-state index contributed by atoms with van der Waals surface area (Å²) in [7, 11) is 0. The Morgan fingerprint density at radius 2 is 1.77 bits per heavy atom. The summed E-state index contributed by atoms with van der Waals surface area (Å²) in [5, 5.41) is 4.95. The molecule has 1 saturated carbocycles. The number of hydrogen-bond acceptors (Lipinski definition) is 4. The van der Waals surface area contributed by atoms with Crippen molar-refractivity contribution in [2.24, 2.45) is 0 Å². The zero-order chi connectivity index (χ0) is 21.8. The van der Waals surface area contributed by atoms with Gasteiger partial charge in [-0.05, 0) is 42.5 Å². The molecule has 1 aliphatic carbocycles. The molecule has 1 saturated heterocycles. The summed E-state index contributed by atoms with van der Waals surface area (Å²) < 4.78 is 39.3. The first kappa shape index (κ1) is 22.1. The van der Waals surface area contributed by atoms with E-state index in [2.05, 4.69) is 10.2 Å². The second-order valence-corrected chi connectivity index (χ2v) is 9.30. The van der Waals surface area contributed by atoms with E-state index in [1.54, 1.807) is 6.07 Å². The Hall–Kier alpha value is -2.06. The van der Waals surface area contributed by atoms with Gasteiger partial charge in [-0.1, -0.05) is 31.4 Å². The second-order valence-electron chi connectivity index (χ2n) is 8.32. The normalized spacial score (nSPS) is 19.9. The predicted octanol–water partition coefficient (Wildman–Crippen LogP) is 5.40. The Kier molecular flexibility index (Phi) is 6.86. The van der Waals surface area contributed by atoms with Gasteiger partial charge in [-0.3, -0.25) is 9.69 Å². The van der Waals surface area contributed by atoms with Crippen molar-refractivity contribution in [3.8, 4) is 0 Å². The molecule has 0 radical (unpaired) electrons. The zero-order valence-electron chi connectivity index (χ0n) is 17.4. The Labute approximate surface area is 185 Å². The highest BCUT2D eigenvalue weighted by Gasteiger charge is 2.33. The second kappa shape index (κ2) is 9.61. The van der Waals surface area contributed by atoms with Crippen molar-refractivity contribution in [3.05, 3.63) is 52.2 Å². The molecule has 1 atom stereocenters. The van der Waals surface area contributed by atoms with Crippen LogP contribution >= 0.6 is 11.3 Å². The van der Waals surface area contributed by atoms with Crippen molar-refractivity contribution in [3.63, 3.8) is 0 Å². The lowest BCUT2D eigenvalue weighted by Crippen LogP contribution is -2.53. The summed E-state index contributed by atoms with van der Waals surface area (Å²) in [5.74, 6) is -0.0804. The molecule has 168 valence electrons. The fraction of sp³-hybridized carbons (Fsp3) is 0.522. The molecular weight excluding hydrogens is 423 g/mol. The number of rotatable bonds is 5. The predicted molar refractivity (Wildman–Crippen MR) is 117 cm³/mol. The maximum atomic E-state index is 13.4. The number of alkyl halides is 3. The van der Waals surface area contributed by atoms with Crippen LogP contribution in [-0.4, -0.2) is 47.9 Å². The maximum absolute atomic E-state index is 13.4. The minimum absolute atomic E-state index is 0.0804. The van der Waals surface area contributed by atoms with Gasteiger partial charge in [-0.25, -0.2) is 0 Å². The molecule has 1 amide bonds. The quantitative estimate of drug-likeness (QED) is 0.662. The van der Waals surface area contributed by atoms with Gasteiger partial charge in [0.1, 0.15) is 6.04 Å². The molecule has 2 aliphatic rings. The van der Waals surface area contributed by atoms with Crippen LogP contribution in [0.1, 0.15) is 48.6 Å². The average molecular weight is 452 g/mol. The minimum atomic E-state index is -4.42. The summed E-state index contributed by atoms with van der Waals surface area (Å²) in [5.41, 5.74) is -0.432. The lowest BCUT2D eigenvalue weighted by atomic mass is 9.94. The molecule has 1 unspecified atom stereocenters. The lowest BCUT2D eigenvalue weighted by molar-refractivity contribution is -0.137. The number of nitrogens with zero attached hydrogens (tertiary/aromatic N) is 2. The number of amides is 1. The molecule has 31 heavy (non-hydrogen) atoms. The van der Waals surface area contributed by atoms with Crippen LogP contribution in [0.5, 0.6) is 0 Å². The van der Waals surface area contributed by atoms with Gasteiger partial charge in [-0.15, -0.1) is 11.3 Å². The van der Waals surface area contributed by atoms with E-state index in [9.17, 15) is 18.0 Å². The van der Waals surface area contributed by atoms with Crippen molar-refractivity contribution < 1.29 is 18.0 Å². The molecule has 1 N–H and O–H groups in total. The van der Waals surface area contributed by atoms with E-state index in [0.29, 0.717) is 24.8 Å². The highest BCUT2D eigenvalue weighted by molar-refractivity contribution is 7.10. The van der Waals surface area contributed by atoms with Crippen molar-refractivity contribution in [2.75, 3.05) is 31.5 Å². The van der Waals surface area contributed by atoms with Crippen LogP contribution in [0.15, 0.2) is 41.8 Å². The highest BCUT2D eigenvalue weighted by atomic mass is 32.1. The van der Waals surface area contributed by atoms with Gasteiger partial charge in [0.25, 0.3) is 5.91 Å². The highest BCUT2D eigenvalue weighted by Crippen LogP contribution is 2.33. The van der Waals surface area contributed by atoms with Gasteiger partial charge in [0.05, 0.1) is 5.56 Å². The molecule has 2 heterocycles. The Balaban J connectivity index is 1.45. The van der Waals surface area contributed by atoms with E-state index in [0.717, 1.165) is 30.1 Å². The number of anilines is 1. The maximum Gasteiger partial charge on any atom is 0.416 e. The molecule has 1 aromatic carbocycles. The molecule has 1 aliphatic heterocycles. The van der Waals surface area contributed by atoms with Crippen LogP contribution in [0, 0.1) is 0 Å². The third-order valence-corrected chi connectivity index (χ3v) is 7.23. The van der Waals surface area contributed by atoms with Crippen molar-refractivity contribution in [1.29, 1.82) is 0 Å². The molecule has 1 aromatic heterocycles. The fourth-order valence-electron chi connectivity index (χ4n) is 4.60. The van der Waals surface area contributed by atoms with Crippen LogP contribution < -0.4 is 5.32 Å². The molecule has 0 bridgehead atoms.